The highest BCUT2D eigenvalue weighted by Gasteiger charge is 2.08. The summed E-state index contributed by atoms with van der Waals surface area (Å²) in [5.41, 5.74) is 0.867. The van der Waals surface area contributed by atoms with E-state index >= 15 is 0 Å². The molecule has 16 heavy (non-hydrogen) atoms. The molecule has 0 aliphatic rings. The second-order valence-corrected chi connectivity index (χ2v) is 5.85. The van der Waals surface area contributed by atoms with Gasteiger partial charge in [-0.15, -0.1) is 0 Å². The van der Waals surface area contributed by atoms with Crippen LogP contribution in [-0.4, -0.2) is 9.78 Å². The topological polar surface area (TPSA) is 17.8 Å². The van der Waals surface area contributed by atoms with E-state index in [0.717, 1.165) is 13.7 Å². The van der Waals surface area contributed by atoms with Gasteiger partial charge in [-0.05, 0) is 66.1 Å². The first-order valence-electron chi connectivity index (χ1n) is 4.39. The van der Waals surface area contributed by atoms with Gasteiger partial charge in [-0.25, -0.2) is 4.39 Å². The van der Waals surface area contributed by atoms with Crippen LogP contribution in [0.25, 0.3) is 0 Å². The van der Waals surface area contributed by atoms with Crippen molar-refractivity contribution in [3.63, 3.8) is 0 Å². The lowest BCUT2D eigenvalue weighted by molar-refractivity contribution is 0.610. The number of halogens is 4. The molecule has 0 unspecified atom stereocenters. The van der Waals surface area contributed by atoms with Crippen LogP contribution in [-0.2, 0) is 6.54 Å². The van der Waals surface area contributed by atoms with Gasteiger partial charge in [-0.2, -0.15) is 5.10 Å². The molecule has 2 nitrogen and oxygen atoms in total. The molecule has 84 valence electrons. The van der Waals surface area contributed by atoms with E-state index in [1.165, 1.54) is 6.07 Å². The van der Waals surface area contributed by atoms with E-state index in [4.69, 9.17) is 0 Å². The van der Waals surface area contributed by atoms with Crippen LogP contribution >= 0.6 is 54.5 Å². The number of hydrogen-bond donors (Lipinski definition) is 0. The van der Waals surface area contributed by atoms with Crippen LogP contribution < -0.4 is 0 Å². The van der Waals surface area contributed by atoms with Crippen LogP contribution in [0.4, 0.5) is 4.39 Å². The standard InChI is InChI=1S/C10H6Br2FIN2/c11-7-5-16(15-10(7)14)4-6-2-1-3-8(13)9(6)12/h1-3,5H,4H2. The predicted molar refractivity (Wildman–Crippen MR) is 75.8 cm³/mol. The third kappa shape index (κ3) is 2.65. The van der Waals surface area contributed by atoms with Gasteiger partial charge < -0.3 is 0 Å². The predicted octanol–water partition coefficient (Wildman–Crippen LogP) is 4.20. The summed E-state index contributed by atoms with van der Waals surface area (Å²) in [6.45, 7) is 0.542. The van der Waals surface area contributed by atoms with Gasteiger partial charge in [0.15, 0.2) is 0 Å². The number of aromatic nitrogens is 2. The largest absolute Gasteiger partial charge is 0.266 e. The molecule has 0 N–H and O–H groups in total. The minimum Gasteiger partial charge on any atom is -0.266 e. The minimum absolute atomic E-state index is 0.251. The molecular weight excluding hydrogens is 454 g/mol. The molecule has 0 aliphatic heterocycles. The summed E-state index contributed by atoms with van der Waals surface area (Å²) in [6.07, 6.45) is 1.87. The van der Waals surface area contributed by atoms with Crippen LogP contribution in [0.2, 0.25) is 0 Å². The Kier molecular flexibility index (Phi) is 4.01. The lowest BCUT2D eigenvalue weighted by Crippen LogP contribution is -2.02. The van der Waals surface area contributed by atoms with Crippen molar-refractivity contribution in [3.8, 4) is 0 Å². The molecule has 0 radical (unpaired) electrons. The van der Waals surface area contributed by atoms with Crippen molar-refractivity contribution in [2.75, 3.05) is 0 Å². The first-order chi connectivity index (χ1) is 7.58. The smallest absolute Gasteiger partial charge is 0.137 e. The number of hydrogen-bond acceptors (Lipinski definition) is 1. The fourth-order valence-corrected chi connectivity index (χ4v) is 2.42. The molecule has 1 aromatic carbocycles. The lowest BCUT2D eigenvalue weighted by atomic mass is 10.2. The SMILES string of the molecule is Fc1cccc(Cn2cc(Br)c(I)n2)c1Br. The van der Waals surface area contributed by atoms with Gasteiger partial charge in [0.25, 0.3) is 0 Å². The zero-order valence-corrected chi connectivity index (χ0v) is 13.3. The van der Waals surface area contributed by atoms with E-state index in [1.54, 1.807) is 10.7 Å². The first-order valence-corrected chi connectivity index (χ1v) is 7.05. The molecule has 0 saturated carbocycles. The van der Waals surface area contributed by atoms with Crippen molar-refractivity contribution in [3.05, 3.63) is 48.4 Å². The second-order valence-electron chi connectivity index (χ2n) is 3.18. The summed E-state index contributed by atoms with van der Waals surface area (Å²) in [4.78, 5) is 0. The maximum absolute atomic E-state index is 13.3. The van der Waals surface area contributed by atoms with Gasteiger partial charge in [-0.3, -0.25) is 4.68 Å². The molecule has 2 aromatic rings. The molecule has 0 aliphatic carbocycles. The fraction of sp³-hybridized carbons (Fsp3) is 0.100. The highest BCUT2D eigenvalue weighted by molar-refractivity contribution is 14.1. The van der Waals surface area contributed by atoms with E-state index < -0.39 is 0 Å². The van der Waals surface area contributed by atoms with Crippen molar-refractivity contribution < 1.29 is 4.39 Å². The molecule has 0 bridgehead atoms. The van der Waals surface area contributed by atoms with Crippen LogP contribution in [0.3, 0.4) is 0 Å². The van der Waals surface area contributed by atoms with Gasteiger partial charge in [0.2, 0.25) is 0 Å². The van der Waals surface area contributed by atoms with E-state index in [0.29, 0.717) is 11.0 Å². The quantitative estimate of drug-likeness (QED) is 0.615. The Morgan fingerprint density at radius 1 is 1.38 bits per heavy atom. The van der Waals surface area contributed by atoms with Gasteiger partial charge in [0.1, 0.15) is 9.52 Å². The first kappa shape index (κ1) is 12.5. The Bertz CT molecular complexity index is 508. The van der Waals surface area contributed by atoms with Crippen LogP contribution in [0, 0.1) is 9.52 Å². The van der Waals surface area contributed by atoms with Gasteiger partial charge in [0, 0.05) is 6.20 Å². The van der Waals surface area contributed by atoms with Crippen LogP contribution in [0.15, 0.2) is 33.3 Å². The highest BCUT2D eigenvalue weighted by atomic mass is 127. The summed E-state index contributed by atoms with van der Waals surface area (Å²) < 4.78 is 17.4. The molecule has 0 atom stereocenters. The second kappa shape index (κ2) is 5.14. The summed E-state index contributed by atoms with van der Waals surface area (Å²) >= 11 is 8.76. The molecule has 0 amide bonds. The zero-order chi connectivity index (χ0) is 11.7. The molecule has 0 fully saturated rings. The van der Waals surface area contributed by atoms with Gasteiger partial charge in [0.05, 0.1) is 15.5 Å². The molecule has 2 rings (SSSR count). The third-order valence-electron chi connectivity index (χ3n) is 2.04. The maximum Gasteiger partial charge on any atom is 0.137 e. The fourth-order valence-electron chi connectivity index (χ4n) is 1.30. The Balaban J connectivity index is 2.30. The van der Waals surface area contributed by atoms with E-state index in [2.05, 4.69) is 59.5 Å². The van der Waals surface area contributed by atoms with Crippen LogP contribution in [0.5, 0.6) is 0 Å². The average molecular weight is 460 g/mol. The van der Waals surface area contributed by atoms with E-state index in [-0.39, 0.29) is 5.82 Å². The molecule has 0 saturated heterocycles. The maximum atomic E-state index is 13.3. The van der Waals surface area contributed by atoms with Gasteiger partial charge >= 0.3 is 0 Å². The van der Waals surface area contributed by atoms with E-state index in [9.17, 15) is 4.39 Å². The Hall–Kier alpha value is 0.0500. The Labute approximate surface area is 123 Å². The summed E-state index contributed by atoms with van der Waals surface area (Å²) in [7, 11) is 0. The van der Waals surface area contributed by atoms with Gasteiger partial charge in [-0.1, -0.05) is 12.1 Å². The Morgan fingerprint density at radius 3 is 2.75 bits per heavy atom. The summed E-state index contributed by atoms with van der Waals surface area (Å²) in [6, 6.07) is 4.99. The van der Waals surface area contributed by atoms with Crippen molar-refractivity contribution >= 4 is 54.5 Å². The zero-order valence-electron chi connectivity index (χ0n) is 7.92. The van der Waals surface area contributed by atoms with Crippen molar-refractivity contribution in [1.29, 1.82) is 0 Å². The molecular formula is C10H6Br2FIN2. The lowest BCUT2D eigenvalue weighted by Gasteiger charge is -2.05. The van der Waals surface area contributed by atoms with Crippen molar-refractivity contribution in [2.24, 2.45) is 0 Å². The number of nitrogens with zero attached hydrogens (tertiary/aromatic N) is 2. The molecule has 0 spiro atoms. The number of benzene rings is 1. The Morgan fingerprint density at radius 2 is 2.12 bits per heavy atom. The number of rotatable bonds is 2. The normalized spacial score (nSPS) is 10.8. The monoisotopic (exact) mass is 458 g/mol. The highest BCUT2D eigenvalue weighted by Crippen LogP contribution is 2.22. The third-order valence-corrected chi connectivity index (χ3v) is 5.05. The van der Waals surface area contributed by atoms with Crippen molar-refractivity contribution in [2.45, 2.75) is 6.54 Å². The minimum atomic E-state index is -0.251. The van der Waals surface area contributed by atoms with E-state index in [1.807, 2.05) is 12.3 Å². The van der Waals surface area contributed by atoms with Crippen LogP contribution in [0.1, 0.15) is 5.56 Å². The molecule has 1 aromatic heterocycles. The van der Waals surface area contributed by atoms with Crippen molar-refractivity contribution in [1.82, 2.24) is 9.78 Å². The summed E-state index contributed by atoms with van der Waals surface area (Å²) in [5.74, 6) is -0.251. The molecule has 6 heteroatoms. The average Bonchev–Trinajstić information content (AvgIpc) is 2.54. The molecule has 1 heterocycles. The summed E-state index contributed by atoms with van der Waals surface area (Å²) in [5, 5.41) is 4.29.